The van der Waals surface area contributed by atoms with E-state index in [-0.39, 0.29) is 17.1 Å². The van der Waals surface area contributed by atoms with Gasteiger partial charge in [-0.3, -0.25) is 0 Å². The fourth-order valence-electron chi connectivity index (χ4n) is 2.36. The molecule has 24 heavy (non-hydrogen) atoms. The normalized spacial score (nSPS) is 15.9. The topological polar surface area (TPSA) is 85.2 Å². The third-order valence-corrected chi connectivity index (χ3v) is 5.16. The maximum Gasteiger partial charge on any atom is 0.152 e. The van der Waals surface area contributed by atoms with Crippen LogP contribution in [0.5, 0.6) is 0 Å². The number of thiocarbonyl (C=S) groups is 1. The van der Waals surface area contributed by atoms with E-state index in [1.165, 1.54) is 11.8 Å². The van der Waals surface area contributed by atoms with E-state index in [9.17, 15) is 10.4 Å². The lowest BCUT2D eigenvalue weighted by molar-refractivity contribution is 0.0702. The van der Waals surface area contributed by atoms with Crippen molar-refractivity contribution >= 4 is 44.9 Å². The Morgan fingerprint density at radius 1 is 1.42 bits per heavy atom. The van der Waals surface area contributed by atoms with Crippen LogP contribution in [-0.2, 0) is 4.74 Å². The first-order valence-electron chi connectivity index (χ1n) is 7.46. The van der Waals surface area contributed by atoms with E-state index >= 15 is 0 Å². The van der Waals surface area contributed by atoms with Crippen LogP contribution in [0.15, 0.2) is 30.0 Å². The molecule has 0 unspecified atom stereocenters. The van der Waals surface area contributed by atoms with Gasteiger partial charge in [-0.1, -0.05) is 36.1 Å². The molecule has 0 amide bonds. The number of aromatic nitrogens is 2. The lowest BCUT2D eigenvalue weighted by Crippen LogP contribution is -2.38. The Labute approximate surface area is 149 Å². The molecule has 0 radical (unpaired) electrons. The third kappa shape index (κ3) is 3.70. The summed E-state index contributed by atoms with van der Waals surface area (Å²) in [5.41, 5.74) is 1.72. The molecule has 0 aliphatic carbocycles. The number of imidazole rings is 1. The number of rotatable bonds is 3. The highest BCUT2D eigenvalue weighted by atomic mass is 32.2. The number of nitriles is 1. The fraction of sp³-hybridized carbons (Fsp3) is 0.312. The van der Waals surface area contributed by atoms with Crippen LogP contribution in [0.1, 0.15) is 5.82 Å². The van der Waals surface area contributed by atoms with Crippen LogP contribution in [0, 0.1) is 11.3 Å². The molecule has 2 aromatic rings. The van der Waals surface area contributed by atoms with Crippen LogP contribution in [0.25, 0.3) is 16.6 Å². The summed E-state index contributed by atoms with van der Waals surface area (Å²) in [6.07, 6.45) is 0. The largest absolute Gasteiger partial charge is 0.510 e. The molecule has 1 aliphatic heterocycles. The van der Waals surface area contributed by atoms with Gasteiger partial charge < -0.3 is 19.7 Å². The molecule has 2 N–H and O–H groups in total. The van der Waals surface area contributed by atoms with Gasteiger partial charge in [0.25, 0.3) is 0 Å². The molecule has 1 aromatic carbocycles. The van der Waals surface area contributed by atoms with Crippen LogP contribution < -0.4 is 0 Å². The molecule has 1 aromatic heterocycles. The Morgan fingerprint density at radius 3 is 2.88 bits per heavy atom. The highest BCUT2D eigenvalue weighted by Gasteiger charge is 2.17. The standard InChI is InChI=1S/C16H16N4O2S2/c17-9-11(15-18-12-3-1-2-4-13(12)19-15)14(21)10-24-16(23)20-5-7-22-8-6-20/h1-4,21H,5-8,10H2,(H,18,19)/b14-11-. The van der Waals surface area contributed by atoms with Crippen molar-refractivity contribution in [3.05, 3.63) is 35.8 Å². The monoisotopic (exact) mass is 360 g/mol. The zero-order valence-electron chi connectivity index (χ0n) is 12.9. The summed E-state index contributed by atoms with van der Waals surface area (Å²) in [5, 5.41) is 19.7. The molecule has 0 saturated carbocycles. The van der Waals surface area contributed by atoms with Gasteiger partial charge in [0.05, 0.1) is 30.0 Å². The molecule has 0 spiro atoms. The summed E-state index contributed by atoms with van der Waals surface area (Å²) < 4.78 is 5.99. The second-order valence-corrected chi connectivity index (χ2v) is 6.80. The fourth-order valence-corrected chi connectivity index (χ4v) is 3.49. The van der Waals surface area contributed by atoms with Crippen molar-refractivity contribution in [3.8, 4) is 6.07 Å². The number of aliphatic hydroxyl groups excluding tert-OH is 1. The van der Waals surface area contributed by atoms with Gasteiger partial charge in [-0.05, 0) is 12.1 Å². The number of hydrogen-bond acceptors (Lipinski definition) is 6. The van der Waals surface area contributed by atoms with Crippen LogP contribution in [0.3, 0.4) is 0 Å². The van der Waals surface area contributed by atoms with Gasteiger partial charge in [0, 0.05) is 13.1 Å². The number of nitrogens with one attached hydrogen (secondary N) is 1. The van der Waals surface area contributed by atoms with E-state index in [1.807, 2.05) is 35.2 Å². The van der Waals surface area contributed by atoms with Gasteiger partial charge in [-0.15, -0.1) is 0 Å². The molecule has 6 nitrogen and oxygen atoms in total. The number of allylic oxidation sites excluding steroid dienone is 1. The number of fused-ring (bicyclic) bond motifs is 1. The summed E-state index contributed by atoms with van der Waals surface area (Å²) in [6.45, 7) is 2.83. The van der Waals surface area contributed by atoms with E-state index in [1.54, 1.807) is 0 Å². The summed E-state index contributed by atoms with van der Waals surface area (Å²) in [6, 6.07) is 9.51. The van der Waals surface area contributed by atoms with Gasteiger partial charge in [0.15, 0.2) is 5.82 Å². The van der Waals surface area contributed by atoms with E-state index in [0.717, 1.165) is 24.1 Å². The van der Waals surface area contributed by atoms with Gasteiger partial charge in [0.2, 0.25) is 0 Å². The minimum atomic E-state index is -0.0304. The quantitative estimate of drug-likeness (QED) is 0.494. The van der Waals surface area contributed by atoms with Crippen molar-refractivity contribution in [2.24, 2.45) is 0 Å². The van der Waals surface area contributed by atoms with Crippen molar-refractivity contribution in [2.75, 3.05) is 32.1 Å². The maximum absolute atomic E-state index is 10.3. The number of ether oxygens (including phenoxy) is 1. The Kier molecular flexibility index (Phi) is 5.35. The van der Waals surface area contributed by atoms with E-state index < -0.39 is 0 Å². The zero-order valence-corrected chi connectivity index (χ0v) is 14.5. The highest BCUT2D eigenvalue weighted by molar-refractivity contribution is 8.23. The Morgan fingerprint density at radius 2 is 2.17 bits per heavy atom. The average molecular weight is 360 g/mol. The second kappa shape index (κ2) is 7.66. The number of nitrogens with zero attached hydrogens (tertiary/aromatic N) is 3. The number of morpholine rings is 1. The van der Waals surface area contributed by atoms with Crippen LogP contribution >= 0.6 is 24.0 Å². The summed E-state index contributed by atoms with van der Waals surface area (Å²) in [5.74, 6) is 0.571. The summed E-state index contributed by atoms with van der Waals surface area (Å²) >= 11 is 6.72. The third-order valence-electron chi connectivity index (χ3n) is 3.63. The predicted molar refractivity (Wildman–Crippen MR) is 98.7 cm³/mol. The summed E-state index contributed by atoms with van der Waals surface area (Å²) in [7, 11) is 0. The maximum atomic E-state index is 10.3. The van der Waals surface area contributed by atoms with Crippen LogP contribution in [0.4, 0.5) is 0 Å². The predicted octanol–water partition coefficient (Wildman–Crippen LogP) is 2.71. The van der Waals surface area contributed by atoms with Crippen molar-refractivity contribution in [1.82, 2.24) is 14.9 Å². The van der Waals surface area contributed by atoms with E-state index in [2.05, 4.69) is 9.97 Å². The lowest BCUT2D eigenvalue weighted by Gasteiger charge is -2.28. The zero-order chi connectivity index (χ0) is 16.9. The van der Waals surface area contributed by atoms with Crippen LogP contribution in [-0.4, -0.2) is 56.4 Å². The van der Waals surface area contributed by atoms with Gasteiger partial charge in [0.1, 0.15) is 21.7 Å². The van der Waals surface area contributed by atoms with Gasteiger partial charge in [-0.2, -0.15) is 5.26 Å². The number of aromatic amines is 1. The molecular weight excluding hydrogens is 344 g/mol. The molecule has 0 bridgehead atoms. The first-order chi connectivity index (χ1) is 11.7. The lowest BCUT2D eigenvalue weighted by atomic mass is 10.2. The van der Waals surface area contributed by atoms with Crippen molar-refractivity contribution < 1.29 is 9.84 Å². The number of para-hydroxylation sites is 2. The molecular formula is C16H16N4O2S2. The molecule has 1 saturated heterocycles. The molecule has 3 rings (SSSR count). The minimum Gasteiger partial charge on any atom is -0.510 e. The van der Waals surface area contributed by atoms with Crippen molar-refractivity contribution in [1.29, 1.82) is 5.26 Å². The van der Waals surface area contributed by atoms with Crippen LogP contribution in [0.2, 0.25) is 0 Å². The number of H-pyrrole nitrogens is 1. The molecule has 0 atom stereocenters. The van der Waals surface area contributed by atoms with Crippen molar-refractivity contribution in [2.45, 2.75) is 0 Å². The minimum absolute atomic E-state index is 0.0304. The first kappa shape index (κ1) is 16.8. The number of hydrogen-bond donors (Lipinski definition) is 2. The second-order valence-electron chi connectivity index (χ2n) is 5.19. The van der Waals surface area contributed by atoms with Gasteiger partial charge >= 0.3 is 0 Å². The van der Waals surface area contributed by atoms with E-state index in [4.69, 9.17) is 17.0 Å². The Hall–Kier alpha value is -2.08. The number of benzene rings is 1. The van der Waals surface area contributed by atoms with E-state index in [0.29, 0.717) is 23.4 Å². The molecule has 124 valence electrons. The Bertz CT molecular complexity index is 786. The summed E-state index contributed by atoms with van der Waals surface area (Å²) in [4.78, 5) is 9.46. The molecule has 8 heteroatoms. The van der Waals surface area contributed by atoms with Gasteiger partial charge in [-0.25, -0.2) is 4.98 Å². The molecule has 1 aliphatic rings. The SMILES string of the molecule is N#C/C(=C(/O)CSC(=S)N1CCOCC1)c1nc2ccccc2[nH]1. The number of aliphatic hydroxyl groups is 1. The first-order valence-corrected chi connectivity index (χ1v) is 8.85. The number of thioether (sulfide) groups is 1. The molecule has 2 heterocycles. The average Bonchev–Trinajstić information content (AvgIpc) is 3.04. The molecule has 1 fully saturated rings. The smallest absolute Gasteiger partial charge is 0.152 e. The Balaban J connectivity index is 1.73. The highest BCUT2D eigenvalue weighted by Crippen LogP contribution is 2.22. The van der Waals surface area contributed by atoms with Crippen molar-refractivity contribution in [3.63, 3.8) is 0 Å².